The van der Waals surface area contributed by atoms with E-state index in [0.29, 0.717) is 62.1 Å². The molecular formula is C34H50N4O6S. The maximum Gasteiger partial charge on any atom is 0.321 e. The van der Waals surface area contributed by atoms with Crippen LogP contribution < -0.4 is 20.1 Å². The van der Waals surface area contributed by atoms with Gasteiger partial charge in [-0.2, -0.15) is 0 Å². The molecule has 0 bridgehead atoms. The number of sulfonamides is 1. The predicted octanol–water partition coefficient (Wildman–Crippen LogP) is 5.36. The van der Waals surface area contributed by atoms with Gasteiger partial charge in [0.1, 0.15) is 23.1 Å². The fourth-order valence-electron chi connectivity index (χ4n) is 6.59. The molecule has 4 rings (SSSR count). The number of piperidine rings is 1. The van der Waals surface area contributed by atoms with E-state index in [4.69, 9.17) is 4.74 Å². The Morgan fingerprint density at radius 1 is 1.00 bits per heavy atom. The van der Waals surface area contributed by atoms with E-state index in [1.54, 1.807) is 24.3 Å². The summed E-state index contributed by atoms with van der Waals surface area (Å²) in [5.41, 5.74) is 0.661. The molecule has 1 aliphatic heterocycles. The summed E-state index contributed by atoms with van der Waals surface area (Å²) in [4.78, 5) is 28.5. The number of likely N-dealkylation sites (tertiary alicyclic amines) is 1. The van der Waals surface area contributed by atoms with E-state index >= 15 is 0 Å². The van der Waals surface area contributed by atoms with Gasteiger partial charge in [-0.25, -0.2) is 8.42 Å². The zero-order chi connectivity index (χ0) is 32.5. The lowest BCUT2D eigenvalue weighted by atomic mass is 9.76. The van der Waals surface area contributed by atoms with E-state index in [2.05, 4.69) is 27.2 Å². The molecule has 1 amide bonds. The maximum absolute atomic E-state index is 13.7. The molecule has 4 N–H and O–H groups in total. The normalized spacial score (nSPS) is 18.9. The third-order valence-electron chi connectivity index (χ3n) is 9.30. The quantitative estimate of drug-likeness (QED) is 0.191. The van der Waals surface area contributed by atoms with Crippen LogP contribution in [0, 0.1) is 11.8 Å². The van der Waals surface area contributed by atoms with Crippen LogP contribution >= 0.6 is 0 Å². The van der Waals surface area contributed by atoms with Gasteiger partial charge in [-0.15, -0.1) is 0 Å². The second kappa shape index (κ2) is 15.9. The molecule has 2 atom stereocenters. The largest absolute Gasteiger partial charge is 0.480 e. The van der Waals surface area contributed by atoms with Gasteiger partial charge in [-0.3, -0.25) is 24.5 Å². The first kappa shape index (κ1) is 34.7. The zero-order valence-electron chi connectivity index (χ0n) is 26.9. The average Bonchev–Trinajstić information content (AvgIpc) is 3.02. The molecule has 2 aromatic rings. The molecule has 2 fully saturated rings. The summed E-state index contributed by atoms with van der Waals surface area (Å²) < 4.78 is 31.2. The van der Waals surface area contributed by atoms with Gasteiger partial charge in [-0.1, -0.05) is 64.5 Å². The van der Waals surface area contributed by atoms with Gasteiger partial charge in [0.15, 0.2) is 0 Å². The van der Waals surface area contributed by atoms with Gasteiger partial charge in [0, 0.05) is 31.9 Å². The number of carbonyl (C=O) groups is 2. The number of carboxylic acids is 1. The molecule has 1 saturated carbocycles. The Morgan fingerprint density at radius 2 is 1.60 bits per heavy atom. The molecule has 45 heavy (non-hydrogen) atoms. The number of hydrogen-bond donors (Lipinski definition) is 4. The van der Waals surface area contributed by atoms with Crippen molar-refractivity contribution in [2.24, 2.45) is 11.8 Å². The van der Waals surface area contributed by atoms with Crippen LogP contribution in [0.3, 0.4) is 0 Å². The molecule has 0 spiro atoms. The van der Waals surface area contributed by atoms with Crippen LogP contribution in [-0.2, 0) is 26.2 Å². The van der Waals surface area contributed by atoms with Gasteiger partial charge in [-0.05, 0) is 73.1 Å². The summed E-state index contributed by atoms with van der Waals surface area (Å²) in [6, 6.07) is 13.8. The molecule has 248 valence electrons. The standard InChI is InChI=1S/C34H50N4O6S/c1-4-5-21-35-33(41)34(36-31(32(39)40)25(2)27-9-7-6-8-10-27)19-22-38(23-20-34)24-26-11-15-29(16-12-26)44-30-17-13-28(14-18-30)37-45(3,42)43/h11-18,25,27,31,36-37H,4-10,19-24H2,1-3H3,(H,35,41)(H,39,40)/t25?,31-/m0/s1. The number of ether oxygens (including phenoxy) is 1. The Kier molecular flexibility index (Phi) is 12.3. The van der Waals surface area contributed by atoms with Crippen molar-refractivity contribution in [1.82, 2.24) is 15.5 Å². The first-order valence-corrected chi connectivity index (χ1v) is 18.2. The maximum atomic E-state index is 13.7. The minimum absolute atomic E-state index is 0.0519. The van der Waals surface area contributed by atoms with Crippen molar-refractivity contribution in [2.45, 2.75) is 89.8 Å². The van der Waals surface area contributed by atoms with E-state index in [1.165, 1.54) is 6.42 Å². The Hall–Kier alpha value is -3.15. The Balaban J connectivity index is 1.37. The van der Waals surface area contributed by atoms with Crippen LogP contribution in [0.1, 0.15) is 77.2 Å². The number of hydrogen-bond acceptors (Lipinski definition) is 7. The van der Waals surface area contributed by atoms with Crippen molar-refractivity contribution in [3.8, 4) is 11.5 Å². The number of aliphatic carboxylic acids is 1. The summed E-state index contributed by atoms with van der Waals surface area (Å²) >= 11 is 0. The predicted molar refractivity (Wildman–Crippen MR) is 177 cm³/mol. The van der Waals surface area contributed by atoms with E-state index in [0.717, 1.165) is 50.3 Å². The van der Waals surface area contributed by atoms with Crippen LogP contribution in [0.25, 0.3) is 0 Å². The highest BCUT2D eigenvalue weighted by Crippen LogP contribution is 2.34. The minimum Gasteiger partial charge on any atom is -0.480 e. The highest BCUT2D eigenvalue weighted by Gasteiger charge is 2.45. The third kappa shape index (κ3) is 10.2. The van der Waals surface area contributed by atoms with Crippen LogP contribution in [0.2, 0.25) is 0 Å². The molecule has 0 radical (unpaired) electrons. The lowest BCUT2D eigenvalue weighted by Gasteiger charge is -2.44. The Bertz CT molecular complexity index is 1350. The first-order chi connectivity index (χ1) is 21.5. The van der Waals surface area contributed by atoms with Crippen LogP contribution in [0.15, 0.2) is 48.5 Å². The number of nitrogens with zero attached hydrogens (tertiary/aromatic N) is 1. The third-order valence-corrected chi connectivity index (χ3v) is 9.91. The molecule has 2 aliphatic rings. The van der Waals surface area contributed by atoms with Crippen molar-refractivity contribution in [3.63, 3.8) is 0 Å². The SMILES string of the molecule is CCCCNC(=O)C1(N[C@H](C(=O)O)C(C)C2CCCCC2)CCN(Cc2ccc(Oc3ccc(NS(C)(=O)=O)cc3)cc2)CC1. The highest BCUT2D eigenvalue weighted by molar-refractivity contribution is 7.92. The van der Waals surface area contributed by atoms with E-state index < -0.39 is 27.6 Å². The fourth-order valence-corrected chi connectivity index (χ4v) is 7.15. The second-order valence-corrected chi connectivity index (χ2v) is 14.6. The molecule has 1 saturated heterocycles. The van der Waals surface area contributed by atoms with Crippen LogP contribution in [0.4, 0.5) is 5.69 Å². The smallest absolute Gasteiger partial charge is 0.321 e. The number of unbranched alkanes of at least 4 members (excludes halogenated alkanes) is 1. The molecule has 0 aromatic heterocycles. The summed E-state index contributed by atoms with van der Waals surface area (Å²) in [7, 11) is -3.34. The molecule has 2 aromatic carbocycles. The van der Waals surface area contributed by atoms with Gasteiger partial charge in [0.05, 0.1) is 6.26 Å². The Labute approximate surface area is 268 Å². The minimum atomic E-state index is -3.34. The van der Waals surface area contributed by atoms with E-state index in [1.807, 2.05) is 31.2 Å². The van der Waals surface area contributed by atoms with Crippen molar-refractivity contribution < 1.29 is 27.9 Å². The summed E-state index contributed by atoms with van der Waals surface area (Å²) in [6.07, 6.45) is 9.65. The molecule has 1 unspecified atom stereocenters. The lowest BCUT2D eigenvalue weighted by Crippen LogP contribution is -2.66. The van der Waals surface area contributed by atoms with Crippen molar-refractivity contribution in [2.75, 3.05) is 30.6 Å². The first-order valence-electron chi connectivity index (χ1n) is 16.3. The van der Waals surface area contributed by atoms with Gasteiger partial charge in [0.2, 0.25) is 15.9 Å². The number of carboxylic acid groups (broad SMARTS) is 1. The number of nitrogens with one attached hydrogen (secondary N) is 3. The number of amides is 1. The summed E-state index contributed by atoms with van der Waals surface area (Å²) in [5, 5.41) is 16.8. The van der Waals surface area contributed by atoms with Crippen LogP contribution in [-0.4, -0.2) is 67.8 Å². The lowest BCUT2D eigenvalue weighted by molar-refractivity contribution is -0.144. The zero-order valence-corrected chi connectivity index (χ0v) is 27.7. The van der Waals surface area contributed by atoms with Crippen LogP contribution in [0.5, 0.6) is 11.5 Å². The number of rotatable bonds is 15. The van der Waals surface area contributed by atoms with Gasteiger partial charge in [0.25, 0.3) is 0 Å². The van der Waals surface area contributed by atoms with Crippen molar-refractivity contribution >= 4 is 27.6 Å². The average molecular weight is 643 g/mol. The van der Waals surface area contributed by atoms with E-state index in [-0.39, 0.29) is 11.8 Å². The summed E-state index contributed by atoms with van der Waals surface area (Å²) in [5.74, 6) is 0.607. The molecule has 11 heteroatoms. The van der Waals surface area contributed by atoms with Gasteiger partial charge < -0.3 is 15.2 Å². The van der Waals surface area contributed by atoms with Crippen molar-refractivity contribution in [1.29, 1.82) is 0 Å². The summed E-state index contributed by atoms with van der Waals surface area (Å²) in [6.45, 7) is 6.77. The van der Waals surface area contributed by atoms with E-state index in [9.17, 15) is 23.1 Å². The number of carbonyl (C=O) groups excluding carboxylic acids is 1. The fraction of sp³-hybridized carbons (Fsp3) is 0.588. The Morgan fingerprint density at radius 3 is 2.16 bits per heavy atom. The number of anilines is 1. The topological polar surface area (TPSA) is 137 Å². The molecule has 10 nitrogen and oxygen atoms in total. The number of benzene rings is 2. The molecule has 1 heterocycles. The van der Waals surface area contributed by atoms with Gasteiger partial charge >= 0.3 is 5.97 Å². The molecule has 1 aliphatic carbocycles. The monoisotopic (exact) mass is 642 g/mol. The highest BCUT2D eigenvalue weighted by atomic mass is 32.2. The van der Waals surface area contributed by atoms with Crippen molar-refractivity contribution in [3.05, 3.63) is 54.1 Å². The molecular weight excluding hydrogens is 592 g/mol. The second-order valence-electron chi connectivity index (χ2n) is 12.8.